The zero-order valence-corrected chi connectivity index (χ0v) is 16.2. The van der Waals surface area contributed by atoms with E-state index in [4.69, 9.17) is 27.0 Å². The molecule has 0 bridgehead atoms. The number of nitrogens with one attached hydrogen (secondary N) is 1. The molecule has 0 saturated carbocycles. The van der Waals surface area contributed by atoms with Crippen molar-refractivity contribution >= 4 is 34.2 Å². The van der Waals surface area contributed by atoms with Gasteiger partial charge in [-0.1, -0.05) is 6.92 Å². The molecule has 0 aliphatic carbocycles. The molecule has 3 amide bonds. The smallest absolute Gasteiger partial charge is 0.320 e. The minimum Gasteiger partial charge on any atom is -0.493 e. The number of aliphatic carboxylic acids is 1. The summed E-state index contributed by atoms with van der Waals surface area (Å²) in [5.74, 6) is -1.55. The number of primary amides is 2. The third-order valence-corrected chi connectivity index (χ3v) is 5.19. The maximum Gasteiger partial charge on any atom is 0.320 e. The Bertz CT molecular complexity index is 911. The number of carbonyl (C=O) groups is 3. The molecule has 1 aromatic carbocycles. The van der Waals surface area contributed by atoms with Gasteiger partial charge in [0.1, 0.15) is 16.8 Å². The monoisotopic (exact) mass is 406 g/mol. The molecular weight excluding hydrogens is 384 g/mol. The van der Waals surface area contributed by atoms with Gasteiger partial charge in [0.05, 0.1) is 12.2 Å². The van der Waals surface area contributed by atoms with Gasteiger partial charge < -0.3 is 27.0 Å². The lowest BCUT2D eigenvalue weighted by atomic mass is 10.0. The molecule has 0 fully saturated rings. The Balaban J connectivity index is 2.21. The van der Waals surface area contributed by atoms with Crippen molar-refractivity contribution in [1.29, 1.82) is 0 Å². The molecule has 2 atom stereocenters. The summed E-state index contributed by atoms with van der Waals surface area (Å²) < 4.78 is 5.64. The van der Waals surface area contributed by atoms with Crippen LogP contribution >= 0.6 is 11.3 Å². The van der Waals surface area contributed by atoms with E-state index in [0.717, 1.165) is 16.0 Å². The first-order valence-electron chi connectivity index (χ1n) is 8.32. The van der Waals surface area contributed by atoms with Gasteiger partial charge in [-0.15, -0.1) is 11.3 Å². The second-order valence-corrected chi connectivity index (χ2v) is 7.39. The van der Waals surface area contributed by atoms with Crippen molar-refractivity contribution in [3.63, 3.8) is 0 Å². The summed E-state index contributed by atoms with van der Waals surface area (Å²) in [5.41, 5.74) is 17.9. The molecule has 1 aromatic heterocycles. The number of thiophene rings is 1. The predicted molar refractivity (Wildman–Crippen MR) is 106 cm³/mol. The number of nitrogens with two attached hydrogens (primary N) is 3. The van der Waals surface area contributed by atoms with E-state index in [1.807, 2.05) is 6.92 Å². The first-order chi connectivity index (χ1) is 13.1. The average molecular weight is 406 g/mol. The Labute approximate surface area is 165 Å². The van der Waals surface area contributed by atoms with E-state index < -0.39 is 23.9 Å². The van der Waals surface area contributed by atoms with Crippen molar-refractivity contribution in [3.05, 3.63) is 35.4 Å². The molecule has 0 radical (unpaired) electrons. The van der Waals surface area contributed by atoms with Crippen LogP contribution in [0.25, 0.3) is 10.4 Å². The second-order valence-electron chi connectivity index (χ2n) is 6.34. The van der Waals surface area contributed by atoms with E-state index in [-0.39, 0.29) is 23.1 Å². The molecule has 9 nitrogen and oxygen atoms in total. The highest BCUT2D eigenvalue weighted by Crippen LogP contribution is 2.37. The third kappa shape index (κ3) is 4.99. The number of benzene rings is 1. The quantitative estimate of drug-likeness (QED) is 0.447. The van der Waals surface area contributed by atoms with Crippen LogP contribution in [0, 0.1) is 12.8 Å². The van der Waals surface area contributed by atoms with E-state index in [1.165, 1.54) is 11.3 Å². The molecule has 10 heteroatoms. The summed E-state index contributed by atoms with van der Waals surface area (Å²) in [6.07, 6.45) is 0. The molecule has 0 saturated heterocycles. The standard InChI is InChI=1S/C18H22N4O5S/c1-8-5-10(27-7-9(2)14(19)17(24)25)3-4-11(8)13-6-12(15(20)23)16(28-13)22-18(21)26/h3-6,9,14H,7,19H2,1-2H3,(H2,20,23)(H,24,25)(H3,21,22,26)/t9?,14-/m0/s1. The zero-order valence-electron chi connectivity index (χ0n) is 15.4. The highest BCUT2D eigenvalue weighted by Gasteiger charge is 2.21. The number of carbonyl (C=O) groups excluding carboxylic acids is 2. The van der Waals surface area contributed by atoms with Crippen LogP contribution in [0.3, 0.4) is 0 Å². The SMILES string of the molecule is Cc1cc(OCC(C)[C@H](N)C(=O)O)ccc1-c1cc(C(N)=O)c(NC(N)=O)s1. The van der Waals surface area contributed by atoms with Gasteiger partial charge in [0.2, 0.25) is 0 Å². The summed E-state index contributed by atoms with van der Waals surface area (Å²) in [6, 6.07) is 5.12. The van der Waals surface area contributed by atoms with Gasteiger partial charge in [-0.25, -0.2) is 4.79 Å². The van der Waals surface area contributed by atoms with Gasteiger partial charge >= 0.3 is 12.0 Å². The Hall–Kier alpha value is -3.11. The maximum absolute atomic E-state index is 11.6. The summed E-state index contributed by atoms with van der Waals surface area (Å²) in [7, 11) is 0. The van der Waals surface area contributed by atoms with Crippen molar-refractivity contribution in [1.82, 2.24) is 0 Å². The van der Waals surface area contributed by atoms with E-state index >= 15 is 0 Å². The Morgan fingerprint density at radius 1 is 1.25 bits per heavy atom. The number of rotatable bonds is 8. The maximum atomic E-state index is 11.6. The average Bonchev–Trinajstić information content (AvgIpc) is 3.01. The van der Waals surface area contributed by atoms with E-state index in [0.29, 0.717) is 5.75 Å². The number of carboxylic acids is 1. The molecule has 28 heavy (non-hydrogen) atoms. The third-order valence-electron chi connectivity index (χ3n) is 4.11. The molecule has 0 spiro atoms. The van der Waals surface area contributed by atoms with Gasteiger partial charge in [-0.2, -0.15) is 0 Å². The number of urea groups is 1. The summed E-state index contributed by atoms with van der Waals surface area (Å²) in [4.78, 5) is 34.4. The van der Waals surface area contributed by atoms with Gasteiger partial charge in [-0.3, -0.25) is 14.9 Å². The Morgan fingerprint density at radius 2 is 1.93 bits per heavy atom. The number of aryl methyl sites for hydroxylation is 1. The van der Waals surface area contributed by atoms with E-state index in [9.17, 15) is 14.4 Å². The number of ether oxygens (including phenoxy) is 1. The fourth-order valence-electron chi connectivity index (χ4n) is 2.49. The van der Waals surface area contributed by atoms with Crippen LogP contribution in [-0.4, -0.2) is 35.7 Å². The molecule has 150 valence electrons. The van der Waals surface area contributed by atoms with Crippen LogP contribution in [0.4, 0.5) is 9.80 Å². The van der Waals surface area contributed by atoms with Gasteiger partial charge in [0.25, 0.3) is 5.91 Å². The number of carboxylic acid groups (broad SMARTS) is 1. The van der Waals surface area contributed by atoms with E-state index in [2.05, 4.69) is 5.32 Å². The number of hydrogen-bond acceptors (Lipinski definition) is 6. The molecule has 0 aliphatic rings. The highest BCUT2D eigenvalue weighted by atomic mass is 32.1. The predicted octanol–water partition coefficient (Wildman–Crippen LogP) is 1.74. The van der Waals surface area contributed by atoms with Crippen molar-refractivity contribution in [2.45, 2.75) is 19.9 Å². The van der Waals surface area contributed by atoms with Crippen LogP contribution in [0.15, 0.2) is 24.3 Å². The minimum atomic E-state index is -1.08. The van der Waals surface area contributed by atoms with Gasteiger partial charge in [-0.05, 0) is 42.3 Å². The fraction of sp³-hybridized carbons (Fsp3) is 0.278. The largest absolute Gasteiger partial charge is 0.493 e. The number of anilines is 1. The molecule has 1 heterocycles. The molecule has 1 unspecified atom stereocenters. The summed E-state index contributed by atoms with van der Waals surface area (Å²) in [6.45, 7) is 3.72. The van der Waals surface area contributed by atoms with E-state index in [1.54, 1.807) is 31.2 Å². The van der Waals surface area contributed by atoms with Crippen LogP contribution in [0.1, 0.15) is 22.8 Å². The molecule has 8 N–H and O–H groups in total. The van der Waals surface area contributed by atoms with Gasteiger partial charge in [0.15, 0.2) is 0 Å². The molecule has 0 aliphatic heterocycles. The van der Waals surface area contributed by atoms with Crippen LogP contribution < -0.4 is 27.3 Å². The van der Waals surface area contributed by atoms with Crippen molar-refractivity contribution < 1.29 is 24.2 Å². The van der Waals surface area contributed by atoms with Crippen molar-refractivity contribution in [2.24, 2.45) is 23.1 Å². The first kappa shape index (κ1) is 21.2. The second kappa shape index (κ2) is 8.72. The normalized spacial score (nSPS) is 12.8. The number of hydrogen-bond donors (Lipinski definition) is 5. The highest BCUT2D eigenvalue weighted by molar-refractivity contribution is 7.20. The lowest BCUT2D eigenvalue weighted by Crippen LogP contribution is -2.39. The molecular formula is C18H22N4O5S. The Kier molecular flexibility index (Phi) is 6.60. The van der Waals surface area contributed by atoms with Crippen LogP contribution in [0.5, 0.6) is 5.75 Å². The zero-order chi connectivity index (χ0) is 21.0. The van der Waals surface area contributed by atoms with Crippen molar-refractivity contribution in [3.8, 4) is 16.2 Å². The van der Waals surface area contributed by atoms with Gasteiger partial charge in [0, 0.05) is 10.8 Å². The van der Waals surface area contributed by atoms with Crippen LogP contribution in [-0.2, 0) is 4.79 Å². The minimum absolute atomic E-state index is 0.157. The van der Waals surface area contributed by atoms with Crippen molar-refractivity contribution in [2.75, 3.05) is 11.9 Å². The van der Waals surface area contributed by atoms with Crippen LogP contribution in [0.2, 0.25) is 0 Å². The fourth-order valence-corrected chi connectivity index (χ4v) is 3.65. The summed E-state index contributed by atoms with van der Waals surface area (Å²) in [5, 5.41) is 11.6. The summed E-state index contributed by atoms with van der Waals surface area (Å²) >= 11 is 1.18. The Morgan fingerprint density at radius 3 is 2.46 bits per heavy atom. The lowest BCUT2D eigenvalue weighted by Gasteiger charge is -2.17. The molecule has 2 aromatic rings. The number of amides is 3. The molecule has 2 rings (SSSR count). The lowest BCUT2D eigenvalue weighted by molar-refractivity contribution is -0.140. The first-order valence-corrected chi connectivity index (χ1v) is 9.14. The topological polar surface area (TPSA) is 171 Å².